The van der Waals surface area contributed by atoms with Crippen LogP contribution in [0.3, 0.4) is 0 Å². The molecule has 0 radical (unpaired) electrons. The zero-order valence-corrected chi connectivity index (χ0v) is 13.0. The molecule has 1 aromatic rings. The topological polar surface area (TPSA) is 71.9 Å². The first-order chi connectivity index (χ1) is 9.44. The molecule has 2 N–H and O–H groups in total. The number of aromatic amines is 1. The van der Waals surface area contributed by atoms with E-state index < -0.39 is 5.60 Å². The van der Waals surface area contributed by atoms with Crippen LogP contribution >= 0.6 is 12.2 Å². The molecule has 1 aromatic heterocycles. The Balaban J connectivity index is 1.90. The molecule has 6 nitrogen and oxygen atoms in total. The highest BCUT2D eigenvalue weighted by atomic mass is 32.1. The lowest BCUT2D eigenvalue weighted by molar-refractivity contribution is -0.139. The molecule has 112 valence electrons. The number of nitrogens with zero attached hydrogens (tertiary/aromatic N) is 2. The molecule has 1 aliphatic heterocycles. The van der Waals surface area contributed by atoms with Crippen molar-refractivity contribution >= 4 is 18.1 Å². The lowest BCUT2D eigenvalue weighted by Crippen LogP contribution is -2.44. The van der Waals surface area contributed by atoms with Crippen LogP contribution in [0, 0.1) is 4.77 Å². The third-order valence-electron chi connectivity index (χ3n) is 3.63. The number of carbonyl (C=O) groups is 1. The minimum atomic E-state index is -0.664. The highest BCUT2D eigenvalue weighted by Gasteiger charge is 2.37. The van der Waals surface area contributed by atoms with E-state index in [1.165, 1.54) is 0 Å². The second-order valence-corrected chi connectivity index (χ2v) is 5.98. The molecular weight excluding hydrogens is 276 g/mol. The summed E-state index contributed by atoms with van der Waals surface area (Å²) in [4.78, 5) is 12.1. The first kappa shape index (κ1) is 15.2. The summed E-state index contributed by atoms with van der Waals surface area (Å²) in [6.45, 7) is 7.15. The molecule has 1 aliphatic rings. The molecule has 1 saturated heterocycles. The molecule has 0 bridgehead atoms. The summed E-state index contributed by atoms with van der Waals surface area (Å²) in [6, 6.07) is 0.252. The Morgan fingerprint density at radius 2 is 2.40 bits per heavy atom. The van der Waals surface area contributed by atoms with Crippen molar-refractivity contribution in [3.63, 3.8) is 0 Å². The van der Waals surface area contributed by atoms with E-state index in [0.717, 1.165) is 18.7 Å². The van der Waals surface area contributed by atoms with Gasteiger partial charge in [-0.05, 0) is 45.8 Å². The smallest absolute Gasteiger partial charge is 0.251 e. The second-order valence-electron chi connectivity index (χ2n) is 5.60. The number of hydrogen-bond donors (Lipinski definition) is 2. The van der Waals surface area contributed by atoms with Gasteiger partial charge in [0.05, 0.1) is 0 Å². The number of rotatable bonds is 5. The van der Waals surface area contributed by atoms with Crippen LogP contribution in [-0.4, -0.2) is 39.4 Å². The van der Waals surface area contributed by atoms with Gasteiger partial charge in [0.1, 0.15) is 11.4 Å². The zero-order valence-electron chi connectivity index (χ0n) is 12.2. The van der Waals surface area contributed by atoms with Gasteiger partial charge in [0.2, 0.25) is 0 Å². The maximum Gasteiger partial charge on any atom is 0.251 e. The number of H-pyrrole nitrogens is 1. The van der Waals surface area contributed by atoms with Crippen LogP contribution in [0.4, 0.5) is 0 Å². The molecule has 0 spiro atoms. The predicted molar refractivity (Wildman–Crippen MR) is 78.1 cm³/mol. The van der Waals surface area contributed by atoms with E-state index in [1.54, 1.807) is 0 Å². The second kappa shape index (κ2) is 6.05. The van der Waals surface area contributed by atoms with Crippen molar-refractivity contribution in [2.24, 2.45) is 0 Å². The van der Waals surface area contributed by atoms with Crippen LogP contribution in [0.2, 0.25) is 0 Å². The van der Waals surface area contributed by atoms with E-state index >= 15 is 0 Å². The first-order valence-electron chi connectivity index (χ1n) is 7.02. The SMILES string of the molecule is CC(C)n1c(CCNC(=O)C2(C)CCCO2)n[nH]c1=S. The molecule has 20 heavy (non-hydrogen) atoms. The maximum atomic E-state index is 12.1. The third-order valence-corrected chi connectivity index (χ3v) is 3.92. The lowest BCUT2D eigenvalue weighted by atomic mass is 10.0. The number of aromatic nitrogens is 3. The maximum absolute atomic E-state index is 12.1. The van der Waals surface area contributed by atoms with Gasteiger partial charge < -0.3 is 14.6 Å². The minimum absolute atomic E-state index is 0.0415. The Bertz CT molecular complexity index is 529. The highest BCUT2D eigenvalue weighted by molar-refractivity contribution is 7.71. The first-order valence-corrected chi connectivity index (χ1v) is 7.43. The Morgan fingerprint density at radius 3 is 3.00 bits per heavy atom. The molecule has 1 fully saturated rings. The van der Waals surface area contributed by atoms with Crippen LogP contribution in [0.25, 0.3) is 0 Å². The number of ether oxygens (including phenoxy) is 1. The van der Waals surface area contributed by atoms with Gasteiger partial charge >= 0.3 is 0 Å². The van der Waals surface area contributed by atoms with Gasteiger partial charge in [0, 0.05) is 25.6 Å². The Kier molecular flexibility index (Phi) is 4.59. The van der Waals surface area contributed by atoms with Crippen LogP contribution in [0.1, 0.15) is 45.5 Å². The van der Waals surface area contributed by atoms with Crippen molar-refractivity contribution in [2.45, 2.75) is 51.7 Å². The van der Waals surface area contributed by atoms with Crippen molar-refractivity contribution in [2.75, 3.05) is 13.2 Å². The van der Waals surface area contributed by atoms with Crippen LogP contribution in [0.5, 0.6) is 0 Å². The van der Waals surface area contributed by atoms with Crippen molar-refractivity contribution in [3.8, 4) is 0 Å². The summed E-state index contributed by atoms with van der Waals surface area (Å²) in [6.07, 6.45) is 2.37. The van der Waals surface area contributed by atoms with E-state index in [9.17, 15) is 4.79 Å². The third kappa shape index (κ3) is 3.09. The summed E-state index contributed by atoms with van der Waals surface area (Å²) in [5, 5.41) is 9.93. The molecule has 0 saturated carbocycles. The Morgan fingerprint density at radius 1 is 1.65 bits per heavy atom. The molecule has 1 amide bonds. The molecule has 0 aliphatic carbocycles. The van der Waals surface area contributed by atoms with E-state index in [0.29, 0.717) is 24.3 Å². The quantitative estimate of drug-likeness (QED) is 0.812. The van der Waals surface area contributed by atoms with Crippen LogP contribution in [-0.2, 0) is 16.0 Å². The van der Waals surface area contributed by atoms with Gasteiger partial charge in [-0.25, -0.2) is 0 Å². The zero-order chi connectivity index (χ0) is 14.8. The Labute approximate surface area is 123 Å². The highest BCUT2D eigenvalue weighted by Crippen LogP contribution is 2.24. The fraction of sp³-hybridized carbons (Fsp3) is 0.769. The van der Waals surface area contributed by atoms with Crippen LogP contribution in [0.15, 0.2) is 0 Å². The average Bonchev–Trinajstić information content (AvgIpc) is 2.97. The summed E-state index contributed by atoms with van der Waals surface area (Å²) < 4.78 is 8.10. The number of nitrogens with one attached hydrogen (secondary N) is 2. The minimum Gasteiger partial charge on any atom is -0.365 e. The summed E-state index contributed by atoms with van der Waals surface area (Å²) in [5.41, 5.74) is -0.664. The molecule has 2 rings (SSSR count). The van der Waals surface area contributed by atoms with Crippen molar-refractivity contribution in [1.29, 1.82) is 0 Å². The molecule has 0 aromatic carbocycles. The molecule has 1 atom stereocenters. The fourth-order valence-electron chi connectivity index (χ4n) is 2.48. The van der Waals surface area contributed by atoms with Gasteiger partial charge in [-0.15, -0.1) is 0 Å². The van der Waals surface area contributed by atoms with E-state index in [1.807, 2.05) is 11.5 Å². The predicted octanol–water partition coefficient (Wildman–Crippen LogP) is 1.75. The molecule has 7 heteroatoms. The summed E-state index contributed by atoms with van der Waals surface area (Å²) in [5.74, 6) is 0.822. The standard InChI is InChI=1S/C13H22N4O2S/c1-9(2)17-10(15-16-12(17)20)5-7-14-11(18)13(3)6-4-8-19-13/h9H,4-8H2,1-3H3,(H,14,18)(H,16,20). The normalized spacial score (nSPS) is 22.4. The summed E-state index contributed by atoms with van der Waals surface area (Å²) >= 11 is 5.19. The molecule has 1 unspecified atom stereocenters. The molecular formula is C13H22N4O2S. The van der Waals surface area contributed by atoms with E-state index in [-0.39, 0.29) is 11.9 Å². The van der Waals surface area contributed by atoms with Gasteiger partial charge in [-0.2, -0.15) is 5.10 Å². The van der Waals surface area contributed by atoms with Gasteiger partial charge in [-0.1, -0.05) is 0 Å². The summed E-state index contributed by atoms with van der Waals surface area (Å²) in [7, 11) is 0. The van der Waals surface area contributed by atoms with Gasteiger partial charge in [0.15, 0.2) is 4.77 Å². The van der Waals surface area contributed by atoms with Gasteiger partial charge in [-0.3, -0.25) is 9.89 Å². The van der Waals surface area contributed by atoms with E-state index in [4.69, 9.17) is 17.0 Å². The van der Waals surface area contributed by atoms with Crippen molar-refractivity contribution < 1.29 is 9.53 Å². The van der Waals surface area contributed by atoms with E-state index in [2.05, 4.69) is 29.4 Å². The number of hydrogen-bond acceptors (Lipinski definition) is 4. The number of carbonyl (C=O) groups excluding carboxylic acids is 1. The lowest BCUT2D eigenvalue weighted by Gasteiger charge is -2.21. The Hall–Kier alpha value is -1.21. The largest absolute Gasteiger partial charge is 0.365 e. The van der Waals surface area contributed by atoms with Gasteiger partial charge in [0.25, 0.3) is 5.91 Å². The molecule has 2 heterocycles. The number of amides is 1. The average molecular weight is 298 g/mol. The fourth-order valence-corrected chi connectivity index (χ4v) is 2.84. The van der Waals surface area contributed by atoms with Crippen molar-refractivity contribution in [1.82, 2.24) is 20.1 Å². The van der Waals surface area contributed by atoms with Crippen molar-refractivity contribution in [3.05, 3.63) is 10.6 Å². The van der Waals surface area contributed by atoms with Crippen LogP contribution < -0.4 is 5.32 Å². The monoisotopic (exact) mass is 298 g/mol.